The maximum Gasteiger partial charge on any atom is 0.407 e. The van der Waals surface area contributed by atoms with Gasteiger partial charge in [0.1, 0.15) is 11.9 Å². The van der Waals surface area contributed by atoms with Crippen molar-refractivity contribution in [1.29, 1.82) is 0 Å². The Morgan fingerprint density at radius 1 is 1.00 bits per heavy atom. The number of likely N-dealkylation sites (tertiary alicyclic amines) is 1. The SMILES string of the molecule is C=C(/C=C\C=C/CNC(=O)OC1CCN(CCC(=O)N(C)CCCNC(=O)Cc2cccc(CC(C)NC[C@H](O)c3ccc(O)c4[nH]c(=O)ccc34)c2)CC1)c1ccccc1. The predicted octanol–water partition coefficient (Wildman–Crippen LogP) is 5.40. The molecule has 1 aliphatic heterocycles. The number of H-pyrrole nitrogens is 1. The molecule has 6 N–H and O–H groups in total. The Balaban J connectivity index is 0.900. The van der Waals surface area contributed by atoms with Crippen LogP contribution in [0.1, 0.15) is 61.0 Å². The van der Waals surface area contributed by atoms with Crippen LogP contribution in [0.2, 0.25) is 0 Å². The number of carbonyl (C=O) groups excluding carboxylic acids is 3. The fourth-order valence-electron chi connectivity index (χ4n) is 7.28. The number of nitrogens with zero attached hydrogens (tertiary/aromatic N) is 2. The van der Waals surface area contributed by atoms with Gasteiger partial charge in [0.2, 0.25) is 17.4 Å². The second kappa shape index (κ2) is 23.7. The molecule has 5 rings (SSSR count). The van der Waals surface area contributed by atoms with Crippen LogP contribution in [0.5, 0.6) is 5.75 Å². The normalized spacial score (nSPS) is 14.5. The highest BCUT2D eigenvalue weighted by Gasteiger charge is 2.23. The lowest BCUT2D eigenvalue weighted by Gasteiger charge is -2.31. The van der Waals surface area contributed by atoms with Gasteiger partial charge in [0.15, 0.2) is 0 Å². The van der Waals surface area contributed by atoms with E-state index in [1.54, 1.807) is 24.1 Å². The van der Waals surface area contributed by atoms with E-state index in [9.17, 15) is 29.4 Å². The minimum atomic E-state index is -0.858. The Labute approximate surface area is 358 Å². The van der Waals surface area contributed by atoms with E-state index in [1.165, 1.54) is 12.1 Å². The minimum absolute atomic E-state index is 0.0217. The van der Waals surface area contributed by atoms with Gasteiger partial charge in [-0.25, -0.2) is 4.79 Å². The first-order chi connectivity index (χ1) is 29.4. The van der Waals surface area contributed by atoms with E-state index in [2.05, 4.69) is 32.4 Å². The molecule has 0 bridgehead atoms. The lowest BCUT2D eigenvalue weighted by atomic mass is 10.0. The first-order valence-electron chi connectivity index (χ1n) is 21.0. The third-order valence-electron chi connectivity index (χ3n) is 10.7. The Morgan fingerprint density at radius 3 is 2.56 bits per heavy atom. The number of nitrogens with one attached hydrogen (secondary N) is 4. The van der Waals surface area contributed by atoms with Crippen LogP contribution in [-0.2, 0) is 27.2 Å². The van der Waals surface area contributed by atoms with Crippen molar-refractivity contribution >= 4 is 34.4 Å². The molecule has 13 heteroatoms. The Hall–Kier alpha value is -6.02. The molecule has 13 nitrogen and oxygen atoms in total. The van der Waals surface area contributed by atoms with Gasteiger partial charge in [0.25, 0.3) is 0 Å². The Kier molecular flexibility index (Phi) is 17.9. The molecule has 0 saturated carbocycles. The van der Waals surface area contributed by atoms with Crippen molar-refractivity contribution in [1.82, 2.24) is 30.7 Å². The molecule has 0 spiro atoms. The number of aromatic hydroxyl groups is 1. The first kappa shape index (κ1) is 46.1. The third-order valence-corrected chi connectivity index (χ3v) is 10.7. The molecule has 4 aromatic rings. The molecule has 1 saturated heterocycles. The molecule has 1 unspecified atom stereocenters. The van der Waals surface area contributed by atoms with Crippen molar-refractivity contribution in [2.75, 3.05) is 52.9 Å². The number of fused-ring (bicyclic) bond motifs is 1. The maximum atomic E-state index is 12.8. The van der Waals surface area contributed by atoms with Crippen molar-refractivity contribution in [2.24, 2.45) is 0 Å². The molecule has 2 atom stereocenters. The Morgan fingerprint density at radius 2 is 1.77 bits per heavy atom. The molecule has 2 heterocycles. The summed E-state index contributed by atoms with van der Waals surface area (Å²) in [5.41, 5.74) is 4.50. The molecule has 0 radical (unpaired) electrons. The van der Waals surface area contributed by atoms with Crippen LogP contribution in [0, 0.1) is 0 Å². The number of aromatic nitrogens is 1. The molecule has 324 valence electrons. The fourth-order valence-corrected chi connectivity index (χ4v) is 7.28. The average Bonchev–Trinajstić information content (AvgIpc) is 3.25. The molecule has 61 heavy (non-hydrogen) atoms. The van der Waals surface area contributed by atoms with E-state index >= 15 is 0 Å². The number of aliphatic hydroxyl groups excluding tert-OH is 1. The number of hydrogen-bond acceptors (Lipinski definition) is 9. The van der Waals surface area contributed by atoms with E-state index in [-0.39, 0.29) is 48.2 Å². The zero-order valence-electron chi connectivity index (χ0n) is 35.3. The summed E-state index contributed by atoms with van der Waals surface area (Å²) in [6.07, 6.45) is 9.49. The fraction of sp³-hybridized carbons (Fsp3) is 0.375. The minimum Gasteiger partial charge on any atom is -0.506 e. The van der Waals surface area contributed by atoms with Gasteiger partial charge in [0.05, 0.1) is 18.0 Å². The summed E-state index contributed by atoms with van der Waals surface area (Å²) in [4.78, 5) is 56.2. The zero-order chi connectivity index (χ0) is 43.6. The van der Waals surface area contributed by atoms with Gasteiger partial charge in [-0.2, -0.15) is 0 Å². The second-order valence-corrected chi connectivity index (χ2v) is 15.6. The monoisotopic (exact) mass is 832 g/mol. The number of ether oxygens (including phenoxy) is 1. The van der Waals surface area contributed by atoms with Crippen LogP contribution in [0.4, 0.5) is 4.79 Å². The number of amides is 3. The second-order valence-electron chi connectivity index (χ2n) is 15.6. The van der Waals surface area contributed by atoms with E-state index < -0.39 is 12.2 Å². The highest BCUT2D eigenvalue weighted by Crippen LogP contribution is 2.28. The number of alkyl carbamates (subject to hydrolysis) is 1. The van der Waals surface area contributed by atoms with Crippen LogP contribution in [0.25, 0.3) is 16.5 Å². The molecule has 3 amide bonds. The number of phenolic OH excluding ortho intramolecular Hbond substituents is 1. The van der Waals surface area contributed by atoms with Crippen molar-refractivity contribution < 1.29 is 29.3 Å². The predicted molar refractivity (Wildman–Crippen MR) is 240 cm³/mol. The summed E-state index contributed by atoms with van der Waals surface area (Å²) in [5.74, 6) is -0.0838. The number of aromatic amines is 1. The summed E-state index contributed by atoms with van der Waals surface area (Å²) in [5, 5.41) is 30.8. The smallest absolute Gasteiger partial charge is 0.407 e. The standard InChI is InChI=1S/C48H60N6O7/c1-34(38-15-7-4-8-16-38)12-6-5-9-24-50-48(60)61-39-21-27-54(28-22-39)29-23-46(59)53(3)26-11-25-49-45(58)32-37-14-10-13-36(31-37)30-35(2)51-33-43(56)40-17-19-42(55)47-41(40)18-20-44(57)52-47/h4-10,12-20,31,35,39,43,51,55-56H,1,11,21-30,32-33H2,2-3H3,(H,49,58)(H,50,60)(H,52,57)/b9-5-,12-6-/t35?,43-/m0/s1. The third kappa shape index (κ3) is 15.2. The topological polar surface area (TPSA) is 176 Å². The van der Waals surface area contributed by atoms with Gasteiger partial charge in [-0.15, -0.1) is 0 Å². The number of allylic oxidation sites excluding steroid dienone is 4. The van der Waals surface area contributed by atoms with Gasteiger partial charge < -0.3 is 45.7 Å². The lowest BCUT2D eigenvalue weighted by Crippen LogP contribution is -2.41. The van der Waals surface area contributed by atoms with Gasteiger partial charge in [-0.05, 0) is 72.6 Å². The van der Waals surface area contributed by atoms with E-state index in [1.807, 2.05) is 85.8 Å². The number of hydrogen-bond donors (Lipinski definition) is 6. The van der Waals surface area contributed by atoms with Gasteiger partial charge in [-0.3, -0.25) is 14.4 Å². The van der Waals surface area contributed by atoms with Gasteiger partial charge in [-0.1, -0.05) is 91.5 Å². The van der Waals surface area contributed by atoms with E-state index in [4.69, 9.17) is 4.74 Å². The number of carbonyl (C=O) groups is 3. The largest absolute Gasteiger partial charge is 0.506 e. The molecular weight excluding hydrogens is 773 g/mol. The van der Waals surface area contributed by atoms with Gasteiger partial charge in [0, 0.05) is 76.8 Å². The maximum absolute atomic E-state index is 12.8. The molecule has 1 aliphatic rings. The van der Waals surface area contributed by atoms with Crippen LogP contribution in [0.15, 0.2) is 115 Å². The molecule has 1 fully saturated rings. The molecular formula is C48H60N6O7. The highest BCUT2D eigenvalue weighted by atomic mass is 16.6. The van der Waals surface area contributed by atoms with Crippen molar-refractivity contribution in [3.05, 3.63) is 142 Å². The van der Waals surface area contributed by atoms with E-state index in [0.29, 0.717) is 61.9 Å². The van der Waals surface area contributed by atoms with Crippen molar-refractivity contribution in [2.45, 2.75) is 63.7 Å². The van der Waals surface area contributed by atoms with E-state index in [0.717, 1.165) is 48.2 Å². The Bertz CT molecular complexity index is 2200. The molecule has 3 aromatic carbocycles. The number of aliphatic hydroxyl groups is 1. The summed E-state index contributed by atoms with van der Waals surface area (Å²) in [6, 6.07) is 23.9. The van der Waals surface area contributed by atoms with Crippen LogP contribution < -0.4 is 21.5 Å². The summed E-state index contributed by atoms with van der Waals surface area (Å²) in [7, 11) is 1.79. The summed E-state index contributed by atoms with van der Waals surface area (Å²) >= 11 is 0. The number of rotatable bonds is 21. The summed E-state index contributed by atoms with van der Waals surface area (Å²) < 4.78 is 5.60. The number of pyridine rings is 1. The first-order valence-corrected chi connectivity index (χ1v) is 21.0. The van der Waals surface area contributed by atoms with Crippen molar-refractivity contribution in [3.63, 3.8) is 0 Å². The van der Waals surface area contributed by atoms with Gasteiger partial charge >= 0.3 is 6.09 Å². The summed E-state index contributed by atoms with van der Waals surface area (Å²) in [6.45, 7) is 9.88. The lowest BCUT2D eigenvalue weighted by molar-refractivity contribution is -0.130. The number of piperidine rings is 1. The van der Waals surface area contributed by atoms with Crippen LogP contribution >= 0.6 is 0 Å². The van der Waals surface area contributed by atoms with Crippen LogP contribution in [0.3, 0.4) is 0 Å². The molecule has 1 aromatic heterocycles. The number of phenols is 1. The highest BCUT2D eigenvalue weighted by molar-refractivity contribution is 5.87. The molecule has 0 aliphatic carbocycles. The zero-order valence-corrected chi connectivity index (χ0v) is 35.3. The van der Waals surface area contributed by atoms with Crippen molar-refractivity contribution in [3.8, 4) is 5.75 Å². The average molecular weight is 833 g/mol. The quantitative estimate of drug-likeness (QED) is 0.0475. The number of benzene rings is 3. The van der Waals surface area contributed by atoms with Crippen LogP contribution in [-0.4, -0.2) is 108 Å².